The van der Waals surface area contributed by atoms with Crippen molar-refractivity contribution in [2.45, 2.75) is 42.1 Å². The second-order valence-corrected chi connectivity index (χ2v) is 12.2. The molecule has 1 saturated heterocycles. The zero-order valence-electron chi connectivity index (χ0n) is 21.7. The van der Waals surface area contributed by atoms with Gasteiger partial charge in [-0.2, -0.15) is 0 Å². The van der Waals surface area contributed by atoms with Crippen molar-refractivity contribution >= 4 is 27.5 Å². The molecule has 1 aliphatic rings. The van der Waals surface area contributed by atoms with E-state index < -0.39 is 16.3 Å². The number of aryl methyl sites for hydroxylation is 1. The number of nitrogens with one attached hydrogen (secondary N) is 1. The summed E-state index contributed by atoms with van der Waals surface area (Å²) in [5, 5.41) is 10.4. The van der Waals surface area contributed by atoms with Crippen LogP contribution in [0.25, 0.3) is 0 Å². The van der Waals surface area contributed by atoms with E-state index in [1.54, 1.807) is 66.5 Å². The number of thioether (sulfide) groups is 1. The molecule has 4 aromatic rings. The molecule has 0 saturated carbocycles. The monoisotopic (exact) mass is 565 g/mol. The maximum atomic E-state index is 12.9. The number of aliphatic hydroxyl groups excluding tert-OH is 1. The van der Waals surface area contributed by atoms with Gasteiger partial charge in [0.05, 0.1) is 23.7 Å². The number of hydrogen-bond acceptors (Lipinski definition) is 7. The Bertz CT molecular complexity index is 1490. The van der Waals surface area contributed by atoms with E-state index in [2.05, 4.69) is 16.6 Å². The number of nitrogens with zero attached hydrogens (tertiary/aromatic N) is 2. The summed E-state index contributed by atoms with van der Waals surface area (Å²) in [5.41, 5.74) is 2.94. The van der Waals surface area contributed by atoms with Gasteiger partial charge in [-0.05, 0) is 35.4 Å². The Kier molecular flexibility index (Phi) is 8.39. The van der Waals surface area contributed by atoms with Crippen LogP contribution in [0, 0.1) is 5.92 Å². The Morgan fingerprint density at radius 2 is 1.77 bits per heavy atom. The summed E-state index contributed by atoms with van der Waals surface area (Å²) in [4.78, 5) is 4.61. The molecule has 5 rings (SSSR count). The van der Waals surface area contributed by atoms with Gasteiger partial charge in [-0.15, -0.1) is 0 Å². The molecule has 4 atom stereocenters. The van der Waals surface area contributed by atoms with Crippen molar-refractivity contribution < 1.29 is 23.0 Å². The largest absolute Gasteiger partial charge is 0.392 e. The minimum atomic E-state index is -3.74. The molecule has 2 N–H and O–H groups in total. The summed E-state index contributed by atoms with van der Waals surface area (Å²) in [5.74, 6) is 0.686. The summed E-state index contributed by atoms with van der Waals surface area (Å²) in [6.07, 6.45) is 2.53. The first-order valence-corrected chi connectivity index (χ1v) is 15.1. The van der Waals surface area contributed by atoms with Crippen molar-refractivity contribution in [3.63, 3.8) is 0 Å². The minimum Gasteiger partial charge on any atom is -0.392 e. The van der Waals surface area contributed by atoms with Crippen LogP contribution in [-0.2, 0) is 33.2 Å². The molecule has 8 nitrogen and oxygen atoms in total. The van der Waals surface area contributed by atoms with Gasteiger partial charge in [-0.1, -0.05) is 73.3 Å². The molecular formula is C29H31N3O5S2. The normalized spacial score (nSPS) is 21.5. The number of rotatable bonds is 9. The molecule has 204 valence electrons. The smallest absolute Gasteiger partial charge is 0.261 e. The van der Waals surface area contributed by atoms with E-state index >= 15 is 0 Å². The first-order chi connectivity index (χ1) is 18.8. The minimum absolute atomic E-state index is 0.0220. The molecule has 0 radical (unpaired) electrons. The van der Waals surface area contributed by atoms with E-state index in [1.165, 1.54) is 0 Å². The number of benzene rings is 3. The van der Waals surface area contributed by atoms with Crippen molar-refractivity contribution in [1.29, 1.82) is 0 Å². The van der Waals surface area contributed by atoms with Crippen LogP contribution < -0.4 is 4.72 Å². The molecule has 0 spiro atoms. The van der Waals surface area contributed by atoms with Gasteiger partial charge in [-0.3, -0.25) is 4.72 Å². The summed E-state index contributed by atoms with van der Waals surface area (Å²) in [6.45, 7) is 2.08. The highest BCUT2D eigenvalue weighted by atomic mass is 32.2. The van der Waals surface area contributed by atoms with Gasteiger partial charge in [0.1, 0.15) is 0 Å². The topological polar surface area (TPSA) is 103 Å². The summed E-state index contributed by atoms with van der Waals surface area (Å²) in [7, 11) is -1.78. The Labute approximate surface area is 233 Å². The summed E-state index contributed by atoms with van der Waals surface area (Å²) < 4.78 is 43.4. The third-order valence-corrected chi connectivity index (χ3v) is 9.29. The molecule has 0 aliphatic carbocycles. The molecule has 39 heavy (non-hydrogen) atoms. The van der Waals surface area contributed by atoms with Gasteiger partial charge in [0.2, 0.25) is 0 Å². The van der Waals surface area contributed by atoms with Crippen LogP contribution in [0.2, 0.25) is 0 Å². The SMILES string of the molecule is C[C@@H]1[C@H](CSc2nccn2C)O[C@H](c2cccc(NS(=O)(=O)c3ccccc3)c2)O[C@@H]1c1ccc(CO)cc1. The van der Waals surface area contributed by atoms with Crippen molar-refractivity contribution in [2.24, 2.45) is 13.0 Å². The van der Waals surface area contributed by atoms with E-state index in [0.717, 1.165) is 16.3 Å². The fourth-order valence-corrected chi connectivity index (χ4v) is 6.69. The number of anilines is 1. The molecule has 1 aliphatic heterocycles. The van der Waals surface area contributed by atoms with E-state index in [4.69, 9.17) is 9.47 Å². The zero-order valence-corrected chi connectivity index (χ0v) is 23.3. The molecule has 1 aromatic heterocycles. The number of hydrogen-bond donors (Lipinski definition) is 2. The highest BCUT2D eigenvalue weighted by molar-refractivity contribution is 7.99. The van der Waals surface area contributed by atoms with Crippen LogP contribution in [0.5, 0.6) is 0 Å². The van der Waals surface area contributed by atoms with Gasteiger partial charge in [0.25, 0.3) is 10.0 Å². The molecule has 10 heteroatoms. The van der Waals surface area contributed by atoms with Crippen LogP contribution in [-0.4, -0.2) is 34.9 Å². The van der Waals surface area contributed by atoms with E-state index in [1.807, 2.05) is 48.1 Å². The highest BCUT2D eigenvalue weighted by Gasteiger charge is 2.38. The van der Waals surface area contributed by atoms with Crippen molar-refractivity contribution in [2.75, 3.05) is 10.5 Å². The van der Waals surface area contributed by atoms with Crippen LogP contribution in [0.1, 0.15) is 36.0 Å². The van der Waals surface area contributed by atoms with Crippen molar-refractivity contribution in [3.05, 3.63) is 108 Å². The molecule has 0 bridgehead atoms. The van der Waals surface area contributed by atoms with Crippen LogP contribution in [0.4, 0.5) is 5.69 Å². The molecule has 1 fully saturated rings. The molecule has 2 heterocycles. The molecular weight excluding hydrogens is 534 g/mol. The fraction of sp³-hybridized carbons (Fsp3) is 0.276. The number of sulfonamides is 1. The van der Waals surface area contributed by atoms with Gasteiger partial charge in [0, 0.05) is 42.4 Å². The predicted octanol–water partition coefficient (Wildman–Crippen LogP) is 5.30. The predicted molar refractivity (Wildman–Crippen MR) is 151 cm³/mol. The highest BCUT2D eigenvalue weighted by Crippen LogP contribution is 2.43. The van der Waals surface area contributed by atoms with Crippen LogP contribution >= 0.6 is 11.8 Å². The number of imidazole rings is 1. The Morgan fingerprint density at radius 3 is 2.46 bits per heavy atom. The fourth-order valence-electron chi connectivity index (χ4n) is 4.52. The molecule has 0 unspecified atom stereocenters. The lowest BCUT2D eigenvalue weighted by molar-refractivity contribution is -0.268. The number of aliphatic hydroxyl groups is 1. The van der Waals surface area contributed by atoms with Gasteiger partial charge < -0.3 is 19.1 Å². The summed E-state index contributed by atoms with van der Waals surface area (Å²) in [6, 6.07) is 23.1. The van der Waals surface area contributed by atoms with Crippen LogP contribution in [0.3, 0.4) is 0 Å². The third-order valence-electron chi connectivity index (χ3n) is 6.74. The second kappa shape index (κ2) is 11.9. The van der Waals surface area contributed by atoms with Crippen molar-refractivity contribution in [1.82, 2.24) is 9.55 Å². The van der Waals surface area contributed by atoms with Crippen molar-refractivity contribution in [3.8, 4) is 0 Å². The lowest BCUT2D eigenvalue weighted by atomic mass is 9.91. The van der Waals surface area contributed by atoms with Crippen LogP contribution in [0.15, 0.2) is 101 Å². The molecule has 3 aromatic carbocycles. The summed E-state index contributed by atoms with van der Waals surface area (Å²) >= 11 is 1.62. The van der Waals surface area contributed by atoms with Gasteiger partial charge >= 0.3 is 0 Å². The number of aromatic nitrogens is 2. The van der Waals surface area contributed by atoms with Gasteiger partial charge in [0.15, 0.2) is 11.4 Å². The Hall–Kier alpha value is -3.15. The first-order valence-electron chi connectivity index (χ1n) is 12.6. The average molecular weight is 566 g/mol. The maximum Gasteiger partial charge on any atom is 0.261 e. The quantitative estimate of drug-likeness (QED) is 0.266. The lowest BCUT2D eigenvalue weighted by Gasteiger charge is -2.41. The first kappa shape index (κ1) is 27.4. The Balaban J connectivity index is 1.41. The molecule has 0 amide bonds. The standard InChI is InChI=1S/C29H31N3O5S2/c1-20-26(19-38-29-30-15-16-32(29)2)36-28(37-27(20)22-13-11-21(18-33)12-14-22)23-7-6-8-24(17-23)31-39(34,35)25-9-4-3-5-10-25/h3-17,20,26-28,31,33H,18-19H2,1-2H3/t20-,26+,27+,28+/m1/s1. The van der Waals surface area contributed by atoms with E-state index in [-0.39, 0.29) is 29.6 Å². The third kappa shape index (κ3) is 6.37. The maximum absolute atomic E-state index is 12.9. The zero-order chi connectivity index (χ0) is 27.4. The van der Waals surface area contributed by atoms with Gasteiger partial charge in [-0.25, -0.2) is 13.4 Å². The second-order valence-electron chi connectivity index (χ2n) is 9.50. The lowest BCUT2D eigenvalue weighted by Crippen LogP contribution is -2.38. The average Bonchev–Trinajstić information content (AvgIpc) is 3.37. The Morgan fingerprint density at radius 1 is 1.00 bits per heavy atom. The van der Waals surface area contributed by atoms with E-state index in [0.29, 0.717) is 17.0 Å². The van der Waals surface area contributed by atoms with E-state index in [9.17, 15) is 13.5 Å². The number of ether oxygens (including phenoxy) is 2.